The molecule has 0 bridgehead atoms. The largest absolute Gasteiger partial charge is 0.493 e. The molecule has 0 saturated heterocycles. The third-order valence-electron chi connectivity index (χ3n) is 5.80. The number of methoxy groups -OCH3 is 1. The number of rotatable bonds is 13. The topological polar surface area (TPSA) is 107 Å². The Morgan fingerprint density at radius 3 is 2.31 bits per heavy atom. The van der Waals surface area contributed by atoms with Gasteiger partial charge in [-0.1, -0.05) is 41.9 Å². The molecular formula is C32H30ClN3O6. The van der Waals surface area contributed by atoms with Gasteiger partial charge in [-0.2, -0.15) is 5.10 Å². The standard InChI is InChI=1S/C32H30ClN3O6/c1-3-40-30-17-23(9-15-28(30)42-21-31(37)35-26-13-11-25(33)12-14-26)19-34-36-32(38)24-10-16-27(29(18-24)39-2)41-20-22-7-5-4-6-8-22/h4-19H,3,20-21H2,1-2H3,(H,35,37)(H,36,38)/b34-19+. The van der Waals surface area contributed by atoms with E-state index in [0.29, 0.717) is 58.0 Å². The number of hydrogen-bond acceptors (Lipinski definition) is 7. The number of carbonyl (C=O) groups is 2. The van der Waals surface area contributed by atoms with Crippen LogP contribution in [0.3, 0.4) is 0 Å². The van der Waals surface area contributed by atoms with Crippen molar-refractivity contribution >= 4 is 35.3 Å². The number of nitrogens with zero attached hydrogens (tertiary/aromatic N) is 1. The van der Waals surface area contributed by atoms with Crippen molar-refractivity contribution in [2.45, 2.75) is 13.5 Å². The first-order valence-electron chi connectivity index (χ1n) is 13.1. The van der Waals surface area contributed by atoms with Crippen LogP contribution in [0.15, 0.2) is 96.1 Å². The quantitative estimate of drug-likeness (QED) is 0.144. The summed E-state index contributed by atoms with van der Waals surface area (Å²) < 4.78 is 22.6. The zero-order chi connectivity index (χ0) is 29.7. The summed E-state index contributed by atoms with van der Waals surface area (Å²) in [6, 6.07) is 26.5. The first-order valence-corrected chi connectivity index (χ1v) is 13.5. The molecule has 0 heterocycles. The SMILES string of the molecule is CCOc1cc(/C=N/NC(=O)c2ccc(OCc3ccccc3)c(OC)c2)ccc1OCC(=O)Nc1ccc(Cl)cc1. The summed E-state index contributed by atoms with van der Waals surface area (Å²) in [7, 11) is 1.51. The minimum atomic E-state index is -0.421. The average Bonchev–Trinajstić information content (AvgIpc) is 3.01. The highest BCUT2D eigenvalue weighted by Gasteiger charge is 2.12. The second-order valence-electron chi connectivity index (χ2n) is 8.82. The molecule has 0 fully saturated rings. The van der Waals surface area contributed by atoms with E-state index in [9.17, 15) is 9.59 Å². The fourth-order valence-electron chi connectivity index (χ4n) is 3.76. The van der Waals surface area contributed by atoms with Gasteiger partial charge in [0.2, 0.25) is 0 Å². The molecule has 0 spiro atoms. The van der Waals surface area contributed by atoms with E-state index in [2.05, 4.69) is 15.8 Å². The van der Waals surface area contributed by atoms with Crippen LogP contribution in [0.4, 0.5) is 5.69 Å². The summed E-state index contributed by atoms with van der Waals surface area (Å²) >= 11 is 5.88. The summed E-state index contributed by atoms with van der Waals surface area (Å²) in [5.41, 5.74) is 5.14. The van der Waals surface area contributed by atoms with Crippen LogP contribution in [0, 0.1) is 0 Å². The lowest BCUT2D eigenvalue weighted by atomic mass is 10.2. The predicted octanol–water partition coefficient (Wildman–Crippen LogP) is 6.11. The molecule has 2 N–H and O–H groups in total. The Morgan fingerprint density at radius 1 is 0.833 bits per heavy atom. The molecule has 0 aromatic heterocycles. The zero-order valence-electron chi connectivity index (χ0n) is 23.1. The number of carbonyl (C=O) groups excluding carboxylic acids is 2. The van der Waals surface area contributed by atoms with Crippen molar-refractivity contribution in [2.24, 2.45) is 5.10 Å². The second kappa shape index (κ2) is 15.1. The molecule has 4 aromatic rings. The normalized spacial score (nSPS) is 10.6. The molecule has 0 aliphatic heterocycles. The van der Waals surface area contributed by atoms with Gasteiger partial charge in [-0.3, -0.25) is 9.59 Å². The minimum absolute atomic E-state index is 0.217. The maximum absolute atomic E-state index is 12.7. The van der Waals surface area contributed by atoms with E-state index in [1.54, 1.807) is 60.7 Å². The Bertz CT molecular complexity index is 1530. The van der Waals surface area contributed by atoms with Crippen LogP contribution in [0.5, 0.6) is 23.0 Å². The van der Waals surface area contributed by atoms with E-state index in [0.717, 1.165) is 5.56 Å². The minimum Gasteiger partial charge on any atom is -0.493 e. The number of hydrazone groups is 1. The van der Waals surface area contributed by atoms with Crippen LogP contribution in [0.2, 0.25) is 5.02 Å². The van der Waals surface area contributed by atoms with Crippen LogP contribution < -0.4 is 29.7 Å². The molecule has 0 unspecified atom stereocenters. The van der Waals surface area contributed by atoms with Crippen molar-refractivity contribution < 1.29 is 28.5 Å². The molecule has 42 heavy (non-hydrogen) atoms. The summed E-state index contributed by atoms with van der Waals surface area (Å²) in [6.45, 7) is 2.38. The van der Waals surface area contributed by atoms with E-state index >= 15 is 0 Å². The van der Waals surface area contributed by atoms with Crippen molar-refractivity contribution in [3.8, 4) is 23.0 Å². The smallest absolute Gasteiger partial charge is 0.271 e. The van der Waals surface area contributed by atoms with Crippen LogP contribution in [-0.2, 0) is 11.4 Å². The molecule has 0 radical (unpaired) electrons. The van der Waals surface area contributed by atoms with Crippen molar-refractivity contribution in [3.63, 3.8) is 0 Å². The van der Waals surface area contributed by atoms with Gasteiger partial charge < -0.3 is 24.3 Å². The fraction of sp³-hybridized carbons (Fsp3) is 0.156. The van der Waals surface area contributed by atoms with Crippen LogP contribution in [-0.4, -0.2) is 38.4 Å². The molecule has 4 rings (SSSR count). The van der Waals surface area contributed by atoms with E-state index in [1.807, 2.05) is 37.3 Å². The Balaban J connectivity index is 1.33. The lowest BCUT2D eigenvalue weighted by Gasteiger charge is -2.13. The number of hydrogen-bond donors (Lipinski definition) is 2. The van der Waals surface area contributed by atoms with Gasteiger partial charge in [-0.05, 0) is 78.7 Å². The lowest BCUT2D eigenvalue weighted by Crippen LogP contribution is -2.20. The number of nitrogens with one attached hydrogen (secondary N) is 2. The molecule has 0 aliphatic rings. The molecule has 10 heteroatoms. The van der Waals surface area contributed by atoms with Crippen LogP contribution >= 0.6 is 11.6 Å². The number of amides is 2. The maximum Gasteiger partial charge on any atom is 0.271 e. The van der Waals surface area contributed by atoms with E-state index in [4.69, 9.17) is 30.5 Å². The summed E-state index contributed by atoms with van der Waals surface area (Å²) in [5, 5.41) is 7.38. The monoisotopic (exact) mass is 587 g/mol. The number of halogens is 1. The number of anilines is 1. The molecule has 0 aliphatic carbocycles. The molecule has 0 saturated carbocycles. The van der Waals surface area contributed by atoms with Gasteiger partial charge in [0.25, 0.3) is 11.8 Å². The third kappa shape index (κ3) is 8.74. The van der Waals surface area contributed by atoms with Gasteiger partial charge in [-0.15, -0.1) is 0 Å². The number of benzene rings is 4. The first-order chi connectivity index (χ1) is 20.4. The van der Waals surface area contributed by atoms with Gasteiger partial charge in [0, 0.05) is 16.3 Å². The lowest BCUT2D eigenvalue weighted by molar-refractivity contribution is -0.118. The van der Waals surface area contributed by atoms with Gasteiger partial charge in [-0.25, -0.2) is 5.43 Å². The van der Waals surface area contributed by atoms with Gasteiger partial charge in [0.05, 0.1) is 19.9 Å². The van der Waals surface area contributed by atoms with E-state index < -0.39 is 5.91 Å². The zero-order valence-corrected chi connectivity index (χ0v) is 23.9. The molecule has 2 amide bonds. The van der Waals surface area contributed by atoms with E-state index in [-0.39, 0.29) is 12.5 Å². The highest BCUT2D eigenvalue weighted by atomic mass is 35.5. The molecule has 216 valence electrons. The highest BCUT2D eigenvalue weighted by Crippen LogP contribution is 2.30. The Morgan fingerprint density at radius 2 is 1.57 bits per heavy atom. The van der Waals surface area contributed by atoms with Crippen LogP contribution in [0.25, 0.3) is 0 Å². The predicted molar refractivity (Wildman–Crippen MR) is 162 cm³/mol. The summed E-state index contributed by atoms with van der Waals surface area (Å²) in [6.07, 6.45) is 1.48. The first kappa shape index (κ1) is 30.0. The maximum atomic E-state index is 12.7. The Hall–Kier alpha value is -5.02. The van der Waals surface area contributed by atoms with Gasteiger partial charge in [0.1, 0.15) is 6.61 Å². The highest BCUT2D eigenvalue weighted by molar-refractivity contribution is 6.30. The van der Waals surface area contributed by atoms with Gasteiger partial charge >= 0.3 is 0 Å². The second-order valence-corrected chi connectivity index (χ2v) is 9.26. The third-order valence-corrected chi connectivity index (χ3v) is 6.05. The molecule has 9 nitrogen and oxygen atoms in total. The molecule has 0 atom stereocenters. The van der Waals surface area contributed by atoms with Crippen molar-refractivity contribution in [2.75, 3.05) is 25.6 Å². The fourth-order valence-corrected chi connectivity index (χ4v) is 3.89. The van der Waals surface area contributed by atoms with Crippen molar-refractivity contribution in [3.05, 3.63) is 113 Å². The summed E-state index contributed by atoms with van der Waals surface area (Å²) in [5.74, 6) is 1.03. The molecule has 4 aromatic carbocycles. The Kier molecular flexibility index (Phi) is 10.8. The number of ether oxygens (including phenoxy) is 4. The Labute approximate surface area is 249 Å². The van der Waals surface area contributed by atoms with Crippen LogP contribution in [0.1, 0.15) is 28.4 Å². The van der Waals surface area contributed by atoms with Gasteiger partial charge in [0.15, 0.2) is 29.6 Å². The van der Waals surface area contributed by atoms with Crippen molar-refractivity contribution in [1.29, 1.82) is 0 Å². The summed E-state index contributed by atoms with van der Waals surface area (Å²) in [4.78, 5) is 25.0. The molecular weight excluding hydrogens is 558 g/mol. The van der Waals surface area contributed by atoms with Crippen molar-refractivity contribution in [1.82, 2.24) is 5.43 Å². The van der Waals surface area contributed by atoms with E-state index in [1.165, 1.54) is 13.3 Å². The average molecular weight is 588 g/mol.